The van der Waals surface area contributed by atoms with Gasteiger partial charge in [-0.2, -0.15) is 10.2 Å². The second kappa shape index (κ2) is 6.89. The van der Waals surface area contributed by atoms with Crippen LogP contribution in [0, 0.1) is 0 Å². The van der Waals surface area contributed by atoms with Crippen molar-refractivity contribution in [2.24, 2.45) is 0 Å². The van der Waals surface area contributed by atoms with Crippen molar-refractivity contribution >= 4 is 21.6 Å². The van der Waals surface area contributed by atoms with Crippen molar-refractivity contribution in [3.05, 3.63) is 38.5 Å². The van der Waals surface area contributed by atoms with E-state index in [2.05, 4.69) is 38.4 Å². The van der Waals surface area contributed by atoms with Crippen molar-refractivity contribution in [2.75, 3.05) is 11.9 Å². The van der Waals surface area contributed by atoms with Gasteiger partial charge in [0.15, 0.2) is 0 Å². The Morgan fingerprint density at radius 3 is 2.62 bits per heavy atom. The number of aryl methyl sites for hydroxylation is 2. The lowest BCUT2D eigenvalue weighted by molar-refractivity contribution is 0.557. The highest BCUT2D eigenvalue weighted by Crippen LogP contribution is 2.22. The average molecular weight is 354 g/mol. The van der Waals surface area contributed by atoms with Gasteiger partial charge in [-0.1, -0.05) is 6.92 Å². The summed E-state index contributed by atoms with van der Waals surface area (Å²) in [6.07, 6.45) is 2.52. The van der Waals surface area contributed by atoms with Crippen molar-refractivity contribution in [1.82, 2.24) is 19.6 Å². The highest BCUT2D eigenvalue weighted by atomic mass is 79.9. The van der Waals surface area contributed by atoms with Gasteiger partial charge < -0.3 is 5.32 Å². The van der Waals surface area contributed by atoms with Crippen molar-refractivity contribution < 1.29 is 0 Å². The summed E-state index contributed by atoms with van der Waals surface area (Å²) in [5, 5.41) is 11.8. The lowest BCUT2D eigenvalue weighted by Gasteiger charge is -2.08. The summed E-state index contributed by atoms with van der Waals surface area (Å²) in [7, 11) is 0. The molecule has 0 saturated heterocycles. The summed E-state index contributed by atoms with van der Waals surface area (Å²) < 4.78 is 4.33. The van der Waals surface area contributed by atoms with Crippen molar-refractivity contribution in [1.29, 1.82) is 0 Å². The second-order valence-electron chi connectivity index (χ2n) is 4.65. The fraction of sp³-hybridized carbons (Fsp3) is 0.500. The van der Waals surface area contributed by atoms with Gasteiger partial charge in [-0.05, 0) is 36.2 Å². The molecule has 0 aliphatic heterocycles. The molecule has 6 nitrogen and oxygen atoms in total. The number of halogens is 1. The van der Waals surface area contributed by atoms with Crippen molar-refractivity contribution in [3.63, 3.8) is 0 Å². The summed E-state index contributed by atoms with van der Waals surface area (Å²) in [5.74, 6) is 0. The second-order valence-corrected chi connectivity index (χ2v) is 5.44. The van der Waals surface area contributed by atoms with E-state index in [0.29, 0.717) is 6.54 Å². The highest BCUT2D eigenvalue weighted by molar-refractivity contribution is 9.10. The molecule has 0 bridgehead atoms. The maximum atomic E-state index is 12.1. The van der Waals surface area contributed by atoms with Gasteiger partial charge in [-0.3, -0.25) is 9.48 Å². The molecular formula is C14H20BrN5O. The van der Waals surface area contributed by atoms with Gasteiger partial charge in [0.1, 0.15) is 0 Å². The fourth-order valence-electron chi connectivity index (χ4n) is 2.16. The molecule has 0 saturated carbocycles. The Hall–Kier alpha value is -1.63. The van der Waals surface area contributed by atoms with Crippen LogP contribution in [-0.4, -0.2) is 26.1 Å². The number of hydrogen-bond acceptors (Lipinski definition) is 4. The van der Waals surface area contributed by atoms with Crippen LogP contribution in [0.2, 0.25) is 0 Å². The number of hydrogen-bond donors (Lipinski definition) is 1. The zero-order valence-electron chi connectivity index (χ0n) is 12.6. The first kappa shape index (κ1) is 15.8. The van der Waals surface area contributed by atoms with E-state index in [1.807, 2.05) is 18.5 Å². The third-order valence-electron chi connectivity index (χ3n) is 3.24. The SMILES string of the molecule is CCNc1cnn(Cc2c(Br)c(CC)nn2CC)c(=O)c1. The lowest BCUT2D eigenvalue weighted by Crippen LogP contribution is -2.24. The number of nitrogens with zero attached hydrogens (tertiary/aromatic N) is 4. The normalized spacial score (nSPS) is 10.9. The van der Waals surface area contributed by atoms with Crippen LogP contribution >= 0.6 is 15.9 Å². The lowest BCUT2D eigenvalue weighted by atomic mass is 10.3. The van der Waals surface area contributed by atoms with Gasteiger partial charge in [-0.25, -0.2) is 4.68 Å². The van der Waals surface area contributed by atoms with Crippen molar-refractivity contribution in [3.8, 4) is 0 Å². The van der Waals surface area contributed by atoms with E-state index in [1.165, 1.54) is 4.68 Å². The van der Waals surface area contributed by atoms with Crippen LogP contribution in [-0.2, 0) is 19.5 Å². The summed E-state index contributed by atoms with van der Waals surface area (Å²) >= 11 is 3.59. The molecule has 0 spiro atoms. The Balaban J connectivity index is 2.34. The van der Waals surface area contributed by atoms with E-state index in [-0.39, 0.29) is 5.56 Å². The molecule has 0 aliphatic carbocycles. The predicted molar refractivity (Wildman–Crippen MR) is 86.7 cm³/mol. The van der Waals surface area contributed by atoms with E-state index >= 15 is 0 Å². The van der Waals surface area contributed by atoms with Gasteiger partial charge >= 0.3 is 0 Å². The van der Waals surface area contributed by atoms with E-state index in [0.717, 1.165) is 41.1 Å². The molecule has 2 aromatic heterocycles. The van der Waals surface area contributed by atoms with Gasteiger partial charge in [0.25, 0.3) is 5.56 Å². The van der Waals surface area contributed by atoms with Crippen LogP contribution in [0.5, 0.6) is 0 Å². The maximum Gasteiger partial charge on any atom is 0.269 e. The van der Waals surface area contributed by atoms with Crippen molar-refractivity contribution in [2.45, 2.75) is 40.3 Å². The molecular weight excluding hydrogens is 334 g/mol. The van der Waals surface area contributed by atoms with Crippen LogP contribution in [0.15, 0.2) is 21.5 Å². The highest BCUT2D eigenvalue weighted by Gasteiger charge is 2.15. The van der Waals surface area contributed by atoms with E-state index in [9.17, 15) is 4.79 Å². The molecule has 7 heteroatoms. The Morgan fingerprint density at radius 2 is 2.05 bits per heavy atom. The standard InChI is InChI=1S/C14H20BrN5O/c1-4-11-14(15)12(19(6-3)18-11)9-20-13(21)7-10(8-17-20)16-5-2/h7-8,16H,4-6,9H2,1-3H3. The van der Waals surface area contributed by atoms with Crippen LogP contribution in [0.4, 0.5) is 5.69 Å². The smallest absolute Gasteiger partial charge is 0.269 e. The molecule has 0 fully saturated rings. The summed E-state index contributed by atoms with van der Waals surface area (Å²) in [4.78, 5) is 12.1. The number of aromatic nitrogens is 4. The van der Waals surface area contributed by atoms with Crippen LogP contribution in [0.3, 0.4) is 0 Å². The largest absolute Gasteiger partial charge is 0.384 e. The Kier molecular flexibility index (Phi) is 5.17. The molecule has 0 unspecified atom stereocenters. The minimum Gasteiger partial charge on any atom is -0.384 e. The zero-order valence-corrected chi connectivity index (χ0v) is 14.1. The third-order valence-corrected chi connectivity index (χ3v) is 4.16. The first-order valence-corrected chi connectivity index (χ1v) is 7.95. The molecule has 0 aromatic carbocycles. The minimum absolute atomic E-state index is 0.123. The van der Waals surface area contributed by atoms with Gasteiger partial charge in [0.2, 0.25) is 0 Å². The Bertz CT molecular complexity index is 676. The Morgan fingerprint density at radius 1 is 1.29 bits per heavy atom. The van der Waals surface area contributed by atoms with E-state index < -0.39 is 0 Å². The van der Waals surface area contributed by atoms with E-state index in [1.54, 1.807) is 12.3 Å². The first-order valence-electron chi connectivity index (χ1n) is 7.15. The topological polar surface area (TPSA) is 64.7 Å². The summed E-state index contributed by atoms with van der Waals surface area (Å²) in [6.45, 7) is 8.01. The molecule has 2 heterocycles. The predicted octanol–water partition coefficient (Wildman–Crippen LogP) is 2.26. The molecule has 0 radical (unpaired) electrons. The van der Waals surface area contributed by atoms with Gasteiger partial charge in [-0.15, -0.1) is 0 Å². The molecule has 0 aliphatic rings. The molecule has 0 amide bonds. The van der Waals surface area contributed by atoms with Crippen LogP contribution in [0.25, 0.3) is 0 Å². The fourth-order valence-corrected chi connectivity index (χ4v) is 2.85. The maximum absolute atomic E-state index is 12.1. The summed E-state index contributed by atoms with van der Waals surface area (Å²) in [5.41, 5.74) is 2.60. The Labute approximate surface area is 132 Å². The molecule has 21 heavy (non-hydrogen) atoms. The average Bonchev–Trinajstić information content (AvgIpc) is 2.78. The monoisotopic (exact) mass is 353 g/mol. The van der Waals surface area contributed by atoms with Crippen LogP contribution in [0.1, 0.15) is 32.2 Å². The number of anilines is 1. The zero-order chi connectivity index (χ0) is 15.4. The van der Waals surface area contributed by atoms with Gasteiger partial charge in [0, 0.05) is 19.2 Å². The van der Waals surface area contributed by atoms with E-state index in [4.69, 9.17) is 0 Å². The van der Waals surface area contributed by atoms with Crippen LogP contribution < -0.4 is 10.9 Å². The molecule has 2 rings (SSSR count). The summed E-state index contributed by atoms with van der Waals surface area (Å²) in [6, 6.07) is 1.57. The minimum atomic E-state index is -0.123. The number of nitrogens with one attached hydrogen (secondary N) is 1. The quantitative estimate of drug-likeness (QED) is 0.864. The van der Waals surface area contributed by atoms with Gasteiger partial charge in [0.05, 0.1) is 34.3 Å². The molecule has 114 valence electrons. The molecule has 0 atom stereocenters. The molecule has 1 N–H and O–H groups in total. The third kappa shape index (κ3) is 3.34. The number of rotatable bonds is 6. The molecule has 2 aromatic rings. The first-order chi connectivity index (χ1) is 10.1.